The van der Waals surface area contributed by atoms with Crippen LogP contribution in [0.5, 0.6) is 5.75 Å². The van der Waals surface area contributed by atoms with E-state index in [9.17, 15) is 14.5 Å². The number of anilines is 2. The van der Waals surface area contributed by atoms with Crippen LogP contribution in [0.3, 0.4) is 0 Å². The largest absolute Gasteiger partial charge is 0.462 e. The molecule has 0 amide bonds. The lowest BCUT2D eigenvalue weighted by atomic mass is 10.1. The van der Waals surface area contributed by atoms with Gasteiger partial charge in [-0.25, -0.2) is 9.55 Å². The number of carbonyl (C=O) groups is 1. The molecule has 3 heterocycles. The molecule has 1 aliphatic rings. The van der Waals surface area contributed by atoms with Gasteiger partial charge in [0.1, 0.15) is 35.7 Å². The summed E-state index contributed by atoms with van der Waals surface area (Å²) in [5.41, 5.74) is 21.1. The molecule has 0 unspecified atom stereocenters. The summed E-state index contributed by atoms with van der Waals surface area (Å²) in [4.78, 5) is 27.3. The van der Waals surface area contributed by atoms with E-state index in [1.54, 1.807) is 44.2 Å². The molecule has 0 radical (unpaired) electrons. The van der Waals surface area contributed by atoms with Gasteiger partial charge in [0.25, 0.3) is 0 Å². The van der Waals surface area contributed by atoms with Gasteiger partial charge in [-0.2, -0.15) is 15.1 Å². The molecular formula is C22H29N10O7P. The Bertz CT molecular complexity index is 1450. The molecule has 214 valence electrons. The van der Waals surface area contributed by atoms with E-state index in [-0.39, 0.29) is 28.7 Å². The summed E-state index contributed by atoms with van der Waals surface area (Å²) in [5, 5.41) is 17.2. The van der Waals surface area contributed by atoms with Crippen molar-refractivity contribution in [3.05, 3.63) is 47.1 Å². The third kappa shape index (κ3) is 6.42. The number of fused-ring (bicyclic) bond motifs is 1. The Morgan fingerprint density at radius 1 is 1.30 bits per heavy atom. The van der Waals surface area contributed by atoms with Gasteiger partial charge in [-0.15, -0.1) is 0 Å². The minimum absolute atomic E-state index is 0.0233. The monoisotopic (exact) mass is 576 g/mol. The van der Waals surface area contributed by atoms with Gasteiger partial charge in [0.15, 0.2) is 11.5 Å². The minimum atomic E-state index is -4.26. The van der Waals surface area contributed by atoms with E-state index in [1.807, 2.05) is 0 Å². The number of aliphatic hydroxyl groups is 1. The fraction of sp³-hybridized carbons (Fsp3) is 0.455. The number of rotatable bonds is 11. The number of azide groups is 1. The summed E-state index contributed by atoms with van der Waals surface area (Å²) < 4.78 is 37.5. The van der Waals surface area contributed by atoms with Crippen molar-refractivity contribution in [2.24, 2.45) is 5.11 Å². The Labute approximate surface area is 228 Å². The first kappa shape index (κ1) is 29.0. The molecule has 1 aliphatic heterocycles. The molecule has 6 atom stereocenters. The maximum Gasteiger partial charge on any atom is 0.459 e. The van der Waals surface area contributed by atoms with E-state index in [2.05, 4.69) is 30.1 Å². The third-order valence-electron chi connectivity index (χ3n) is 5.70. The predicted octanol–water partition coefficient (Wildman–Crippen LogP) is 2.06. The first-order valence-electron chi connectivity index (χ1n) is 12.1. The van der Waals surface area contributed by atoms with Gasteiger partial charge >= 0.3 is 13.7 Å². The lowest BCUT2D eigenvalue weighted by Crippen LogP contribution is -2.37. The minimum Gasteiger partial charge on any atom is -0.462 e. The molecule has 0 saturated carbocycles. The first-order chi connectivity index (χ1) is 19.0. The van der Waals surface area contributed by atoms with E-state index in [1.165, 1.54) is 17.8 Å². The second kappa shape index (κ2) is 12.0. The zero-order valence-corrected chi connectivity index (χ0v) is 22.7. The molecule has 17 nitrogen and oxygen atoms in total. The van der Waals surface area contributed by atoms with Crippen molar-refractivity contribution in [3.63, 3.8) is 0 Å². The SMILES string of the molecule is CC(C)OC(=O)[C@H](C)N[P@@](=O)(OC[C@H]1O[C@@H](n2cnc3c(N)nc(N)nc32)[C@H](N=[N+]=[N-])[C@@H]1O)Oc1ccccc1. The molecule has 3 aromatic rings. The number of hydrogen-bond donors (Lipinski definition) is 4. The number of nitrogens with one attached hydrogen (secondary N) is 1. The van der Waals surface area contributed by atoms with Crippen LogP contribution < -0.4 is 21.1 Å². The third-order valence-corrected chi connectivity index (χ3v) is 7.34. The zero-order valence-electron chi connectivity index (χ0n) is 21.8. The molecule has 40 heavy (non-hydrogen) atoms. The number of benzene rings is 1. The maximum absolute atomic E-state index is 13.8. The quantitative estimate of drug-likeness (QED) is 0.0840. The molecule has 0 bridgehead atoms. The fourth-order valence-electron chi connectivity index (χ4n) is 3.93. The number of ether oxygens (including phenoxy) is 2. The van der Waals surface area contributed by atoms with Crippen molar-refractivity contribution in [2.75, 3.05) is 18.1 Å². The van der Waals surface area contributed by atoms with Gasteiger partial charge in [0, 0.05) is 4.91 Å². The van der Waals surface area contributed by atoms with Crippen LogP contribution in [-0.4, -0.2) is 67.6 Å². The van der Waals surface area contributed by atoms with E-state index in [0.29, 0.717) is 0 Å². The molecule has 0 aliphatic carbocycles. The van der Waals surface area contributed by atoms with E-state index >= 15 is 0 Å². The van der Waals surface area contributed by atoms with Gasteiger partial charge in [-0.05, 0) is 38.4 Å². The number of imidazole rings is 1. The molecule has 1 fully saturated rings. The molecular weight excluding hydrogens is 547 g/mol. The van der Waals surface area contributed by atoms with Crippen LogP contribution in [0.15, 0.2) is 41.8 Å². The topological polar surface area (TPSA) is 248 Å². The first-order valence-corrected chi connectivity index (χ1v) is 13.7. The van der Waals surface area contributed by atoms with Crippen LogP contribution >= 0.6 is 7.75 Å². The molecule has 0 spiro atoms. The highest BCUT2D eigenvalue weighted by Crippen LogP contribution is 2.46. The van der Waals surface area contributed by atoms with Crippen molar-refractivity contribution >= 4 is 36.6 Å². The van der Waals surface area contributed by atoms with Crippen LogP contribution in [0, 0.1) is 0 Å². The van der Waals surface area contributed by atoms with Crippen LogP contribution in [-0.2, 0) is 23.4 Å². The standard InChI is InChI=1S/C22H29N10O7P/c1-11(2)37-21(34)12(3)30-40(35,39-13-7-5-4-6-8-13)36-9-14-17(33)15(29-31-25)20(38-14)32-10-26-16-18(23)27-22(24)28-19(16)32/h4-8,10-12,14-15,17,20,33H,9H2,1-3H3,(H,30,35)(H4,23,24,27,28)/t12-,14+,15+,17+,20+,40+/m0/s1. The number of carbonyl (C=O) groups excluding carboxylic acids is 1. The zero-order chi connectivity index (χ0) is 29.0. The Morgan fingerprint density at radius 3 is 2.70 bits per heavy atom. The van der Waals surface area contributed by atoms with Gasteiger partial charge in [-0.1, -0.05) is 23.3 Å². The highest BCUT2D eigenvalue weighted by molar-refractivity contribution is 7.52. The number of nitrogens with two attached hydrogens (primary N) is 2. The Balaban J connectivity index is 1.57. The van der Waals surface area contributed by atoms with Crippen molar-refractivity contribution in [1.82, 2.24) is 24.6 Å². The Hall–Kier alpha value is -3.98. The summed E-state index contributed by atoms with van der Waals surface area (Å²) in [6.07, 6.45) is -2.77. The summed E-state index contributed by atoms with van der Waals surface area (Å²) in [6, 6.07) is 5.90. The van der Waals surface area contributed by atoms with Crippen molar-refractivity contribution in [2.45, 2.75) is 57.4 Å². The fourth-order valence-corrected chi connectivity index (χ4v) is 5.43. The van der Waals surface area contributed by atoms with Gasteiger partial charge < -0.3 is 30.6 Å². The summed E-state index contributed by atoms with van der Waals surface area (Å²) >= 11 is 0. The summed E-state index contributed by atoms with van der Waals surface area (Å²) in [7, 11) is -4.26. The molecule has 1 saturated heterocycles. The number of aliphatic hydroxyl groups excluding tert-OH is 1. The van der Waals surface area contributed by atoms with E-state index in [4.69, 9.17) is 35.5 Å². The predicted molar refractivity (Wildman–Crippen MR) is 141 cm³/mol. The highest BCUT2D eigenvalue weighted by Gasteiger charge is 2.46. The summed E-state index contributed by atoms with van der Waals surface area (Å²) in [5.74, 6) is -0.584. The maximum atomic E-state index is 13.8. The normalized spacial score (nSPS) is 22.9. The summed E-state index contributed by atoms with van der Waals surface area (Å²) in [6.45, 7) is 4.29. The molecule has 18 heteroatoms. The van der Waals surface area contributed by atoms with Gasteiger partial charge in [0.2, 0.25) is 5.95 Å². The second-order valence-corrected chi connectivity index (χ2v) is 10.8. The van der Waals surface area contributed by atoms with Crippen molar-refractivity contribution < 1.29 is 33.0 Å². The number of esters is 1. The number of nitrogens with zero attached hydrogens (tertiary/aromatic N) is 7. The van der Waals surface area contributed by atoms with Crippen molar-refractivity contribution in [1.29, 1.82) is 0 Å². The highest BCUT2D eigenvalue weighted by atomic mass is 31.2. The molecule has 2 aromatic heterocycles. The number of aromatic nitrogens is 4. The number of para-hydroxylation sites is 1. The number of nitrogen functional groups attached to an aromatic ring is 2. The van der Waals surface area contributed by atoms with Crippen LogP contribution in [0.25, 0.3) is 21.6 Å². The average Bonchev–Trinajstić information content (AvgIpc) is 3.44. The Kier molecular flexibility index (Phi) is 8.73. The molecule has 4 rings (SSSR count). The molecule has 6 N–H and O–H groups in total. The second-order valence-electron chi connectivity index (χ2n) is 9.08. The van der Waals surface area contributed by atoms with Crippen LogP contribution in [0.1, 0.15) is 27.0 Å². The van der Waals surface area contributed by atoms with Crippen LogP contribution in [0.4, 0.5) is 11.8 Å². The van der Waals surface area contributed by atoms with Gasteiger partial charge in [0.05, 0.1) is 25.1 Å². The average molecular weight is 577 g/mol. The number of hydrogen-bond acceptors (Lipinski definition) is 13. The van der Waals surface area contributed by atoms with Crippen LogP contribution in [0.2, 0.25) is 0 Å². The van der Waals surface area contributed by atoms with E-state index < -0.39 is 56.9 Å². The smallest absolute Gasteiger partial charge is 0.459 e. The lowest BCUT2D eigenvalue weighted by Gasteiger charge is -2.25. The van der Waals surface area contributed by atoms with E-state index in [0.717, 1.165) is 0 Å². The van der Waals surface area contributed by atoms with Crippen molar-refractivity contribution in [3.8, 4) is 5.75 Å². The Morgan fingerprint density at radius 2 is 2.02 bits per heavy atom. The molecule has 1 aromatic carbocycles. The lowest BCUT2D eigenvalue weighted by molar-refractivity contribution is -0.149. The van der Waals surface area contributed by atoms with Gasteiger partial charge in [-0.3, -0.25) is 13.9 Å².